The molecule has 0 aliphatic rings. The third-order valence-electron chi connectivity index (χ3n) is 2.83. The molecule has 0 saturated carbocycles. The van der Waals surface area contributed by atoms with E-state index in [4.69, 9.17) is 5.11 Å². The summed E-state index contributed by atoms with van der Waals surface area (Å²) in [7, 11) is 0. The molecule has 0 saturated heterocycles. The van der Waals surface area contributed by atoms with Crippen molar-refractivity contribution in [2.24, 2.45) is 0 Å². The third kappa shape index (κ3) is 2.48. The van der Waals surface area contributed by atoms with Gasteiger partial charge in [0.05, 0.1) is 12.1 Å². The molecule has 0 aliphatic carbocycles. The van der Waals surface area contributed by atoms with Gasteiger partial charge < -0.3 is 9.67 Å². The molecule has 0 atom stereocenters. The molecule has 0 bridgehead atoms. The van der Waals surface area contributed by atoms with Crippen molar-refractivity contribution in [3.05, 3.63) is 69.6 Å². The minimum Gasteiger partial charge on any atom is -0.478 e. The first kappa shape index (κ1) is 12.1. The number of nitrogens with zero attached hydrogens (tertiary/aromatic N) is 1. The van der Waals surface area contributed by atoms with Gasteiger partial charge in [-0.15, -0.1) is 0 Å². The molecule has 0 amide bonds. The van der Waals surface area contributed by atoms with Crippen LogP contribution in [0.25, 0.3) is 0 Å². The predicted octanol–water partition coefficient (Wildman–Crippen LogP) is 1.90. The van der Waals surface area contributed by atoms with Crippen LogP contribution in [-0.2, 0) is 6.54 Å². The van der Waals surface area contributed by atoms with E-state index in [1.165, 1.54) is 22.9 Å². The van der Waals surface area contributed by atoms with Crippen LogP contribution in [0.3, 0.4) is 0 Å². The molecule has 18 heavy (non-hydrogen) atoms. The molecule has 0 unspecified atom stereocenters. The van der Waals surface area contributed by atoms with Crippen LogP contribution in [0.1, 0.15) is 21.5 Å². The highest BCUT2D eigenvalue weighted by Crippen LogP contribution is 2.08. The fraction of sp³-hybridized carbons (Fsp3) is 0.143. The largest absolute Gasteiger partial charge is 0.478 e. The van der Waals surface area contributed by atoms with Gasteiger partial charge in [0, 0.05) is 12.3 Å². The Kier molecular flexibility index (Phi) is 3.28. The molecule has 1 aromatic heterocycles. The minimum absolute atomic E-state index is 0.114. The summed E-state index contributed by atoms with van der Waals surface area (Å²) in [5.74, 6) is -1.03. The molecule has 92 valence electrons. The van der Waals surface area contributed by atoms with Gasteiger partial charge in [-0.25, -0.2) is 4.79 Å². The van der Waals surface area contributed by atoms with E-state index >= 15 is 0 Å². The van der Waals surface area contributed by atoms with Crippen molar-refractivity contribution in [1.82, 2.24) is 4.57 Å². The summed E-state index contributed by atoms with van der Waals surface area (Å²) in [6, 6.07) is 10.3. The van der Waals surface area contributed by atoms with Crippen LogP contribution >= 0.6 is 0 Å². The van der Waals surface area contributed by atoms with Gasteiger partial charge in [-0.2, -0.15) is 0 Å². The summed E-state index contributed by atoms with van der Waals surface area (Å²) in [6.45, 7) is 2.34. The molecular formula is C14H13NO3. The van der Waals surface area contributed by atoms with Crippen molar-refractivity contribution in [3.63, 3.8) is 0 Å². The Morgan fingerprint density at radius 2 is 1.94 bits per heavy atom. The Bertz CT molecular complexity index is 643. The van der Waals surface area contributed by atoms with E-state index in [1.807, 2.05) is 31.2 Å². The molecule has 1 aromatic carbocycles. The maximum atomic E-state index is 11.7. The topological polar surface area (TPSA) is 59.3 Å². The first-order chi connectivity index (χ1) is 8.58. The molecule has 0 spiro atoms. The number of carboxylic acids is 1. The summed E-state index contributed by atoms with van der Waals surface area (Å²) in [5, 5.41) is 8.91. The number of hydrogen-bond donors (Lipinski definition) is 1. The van der Waals surface area contributed by atoms with Crippen LogP contribution in [0.4, 0.5) is 0 Å². The van der Waals surface area contributed by atoms with Crippen LogP contribution in [0.2, 0.25) is 0 Å². The molecule has 1 heterocycles. The van der Waals surface area contributed by atoms with Crippen molar-refractivity contribution < 1.29 is 9.90 Å². The van der Waals surface area contributed by atoms with E-state index in [2.05, 4.69) is 0 Å². The van der Waals surface area contributed by atoms with Crippen LogP contribution < -0.4 is 5.56 Å². The Hall–Kier alpha value is -2.36. The molecular weight excluding hydrogens is 230 g/mol. The average molecular weight is 243 g/mol. The molecule has 1 N–H and O–H groups in total. The van der Waals surface area contributed by atoms with Gasteiger partial charge in [0.1, 0.15) is 0 Å². The lowest BCUT2D eigenvalue weighted by Gasteiger charge is -2.09. The number of aromatic carboxylic acids is 1. The van der Waals surface area contributed by atoms with Gasteiger partial charge in [0.15, 0.2) is 0 Å². The third-order valence-corrected chi connectivity index (χ3v) is 2.83. The smallest absolute Gasteiger partial charge is 0.337 e. The lowest BCUT2D eigenvalue weighted by molar-refractivity contribution is 0.0696. The second kappa shape index (κ2) is 4.87. The number of carboxylic acid groups (broad SMARTS) is 1. The van der Waals surface area contributed by atoms with E-state index in [9.17, 15) is 9.59 Å². The van der Waals surface area contributed by atoms with E-state index < -0.39 is 5.97 Å². The molecule has 4 heteroatoms. The molecule has 0 radical (unpaired) electrons. The van der Waals surface area contributed by atoms with Gasteiger partial charge in [0.25, 0.3) is 5.56 Å². The monoisotopic (exact) mass is 243 g/mol. The molecule has 0 aliphatic heterocycles. The maximum Gasteiger partial charge on any atom is 0.337 e. The first-order valence-corrected chi connectivity index (χ1v) is 5.56. The number of hydrogen-bond acceptors (Lipinski definition) is 2. The highest BCUT2D eigenvalue weighted by atomic mass is 16.4. The van der Waals surface area contributed by atoms with Crippen molar-refractivity contribution >= 4 is 5.97 Å². The van der Waals surface area contributed by atoms with Crippen LogP contribution in [-0.4, -0.2) is 15.6 Å². The molecule has 0 fully saturated rings. The van der Waals surface area contributed by atoms with Gasteiger partial charge in [-0.05, 0) is 24.1 Å². The summed E-state index contributed by atoms with van der Waals surface area (Å²) in [6.07, 6.45) is 1.37. The number of aryl methyl sites for hydroxylation is 1. The zero-order chi connectivity index (χ0) is 13.1. The summed E-state index contributed by atoms with van der Waals surface area (Å²) in [5.41, 5.74) is 1.98. The van der Waals surface area contributed by atoms with Crippen molar-refractivity contribution in [3.8, 4) is 0 Å². The summed E-state index contributed by atoms with van der Waals surface area (Å²) >= 11 is 0. The number of rotatable bonds is 3. The Labute approximate surface area is 104 Å². The summed E-state index contributed by atoms with van der Waals surface area (Å²) < 4.78 is 1.41. The molecule has 4 nitrogen and oxygen atoms in total. The fourth-order valence-corrected chi connectivity index (χ4v) is 1.75. The number of aromatic nitrogens is 1. The number of carbonyl (C=O) groups is 1. The predicted molar refractivity (Wildman–Crippen MR) is 67.9 cm³/mol. The van der Waals surface area contributed by atoms with Crippen LogP contribution in [0.5, 0.6) is 0 Å². The molecule has 2 aromatic rings. The fourth-order valence-electron chi connectivity index (χ4n) is 1.75. The Morgan fingerprint density at radius 1 is 1.22 bits per heavy atom. The van der Waals surface area contributed by atoms with E-state index in [0.717, 1.165) is 11.1 Å². The van der Waals surface area contributed by atoms with Gasteiger partial charge in [0.2, 0.25) is 0 Å². The van der Waals surface area contributed by atoms with Gasteiger partial charge in [-0.3, -0.25) is 4.79 Å². The first-order valence-electron chi connectivity index (χ1n) is 5.56. The van der Waals surface area contributed by atoms with E-state index in [-0.39, 0.29) is 11.1 Å². The lowest BCUT2D eigenvalue weighted by Crippen LogP contribution is -2.21. The SMILES string of the molecule is Cc1ccccc1Cn1cc(C(=O)O)ccc1=O. The van der Waals surface area contributed by atoms with E-state index in [1.54, 1.807) is 0 Å². The Morgan fingerprint density at radius 3 is 2.61 bits per heavy atom. The molecule has 2 rings (SSSR count). The minimum atomic E-state index is -1.03. The van der Waals surface area contributed by atoms with Crippen LogP contribution in [0, 0.1) is 6.92 Å². The Balaban J connectivity index is 2.40. The second-order valence-electron chi connectivity index (χ2n) is 4.12. The van der Waals surface area contributed by atoms with E-state index in [0.29, 0.717) is 6.54 Å². The van der Waals surface area contributed by atoms with Gasteiger partial charge in [-0.1, -0.05) is 24.3 Å². The van der Waals surface area contributed by atoms with Crippen LogP contribution in [0.15, 0.2) is 47.4 Å². The van der Waals surface area contributed by atoms with Crippen molar-refractivity contribution in [2.75, 3.05) is 0 Å². The maximum absolute atomic E-state index is 11.7. The quantitative estimate of drug-likeness (QED) is 0.895. The summed E-state index contributed by atoms with van der Waals surface area (Å²) in [4.78, 5) is 22.5. The van der Waals surface area contributed by atoms with Gasteiger partial charge >= 0.3 is 5.97 Å². The highest BCUT2D eigenvalue weighted by Gasteiger charge is 2.06. The van der Waals surface area contributed by atoms with Crippen molar-refractivity contribution in [1.29, 1.82) is 0 Å². The number of benzene rings is 1. The standard InChI is InChI=1S/C14H13NO3/c1-10-4-2-3-5-11(10)8-15-9-12(14(17)18)6-7-13(15)16/h2-7,9H,8H2,1H3,(H,17,18). The zero-order valence-corrected chi connectivity index (χ0v) is 9.96. The second-order valence-corrected chi connectivity index (χ2v) is 4.12. The average Bonchev–Trinajstić information content (AvgIpc) is 2.34. The van der Waals surface area contributed by atoms with Crippen molar-refractivity contribution in [2.45, 2.75) is 13.5 Å². The highest BCUT2D eigenvalue weighted by molar-refractivity contribution is 5.87. The number of pyridine rings is 1. The zero-order valence-electron chi connectivity index (χ0n) is 9.96. The normalized spacial score (nSPS) is 10.3. The lowest BCUT2D eigenvalue weighted by atomic mass is 10.1.